The standard InChI is InChI=1S/C7H11N2.BrH/c1-3-4-9-6-5-8(2)7-9;/h3-7H,1-2H3;1H/q+1;/p-1. The van der Waals surface area contributed by atoms with Gasteiger partial charge in [0.25, 0.3) is 0 Å². The van der Waals surface area contributed by atoms with E-state index >= 15 is 0 Å². The minimum Gasteiger partial charge on any atom is -1.00 e. The van der Waals surface area contributed by atoms with Gasteiger partial charge in [0, 0.05) is 0 Å². The van der Waals surface area contributed by atoms with Gasteiger partial charge in [-0.05, 0) is 13.0 Å². The highest BCUT2D eigenvalue weighted by Gasteiger charge is 1.91. The lowest BCUT2D eigenvalue weighted by molar-refractivity contribution is -0.567. The molecule has 0 aliphatic rings. The van der Waals surface area contributed by atoms with E-state index in [1.165, 1.54) is 0 Å². The molecule has 0 aliphatic carbocycles. The van der Waals surface area contributed by atoms with Crippen LogP contribution in [0.5, 0.6) is 0 Å². The van der Waals surface area contributed by atoms with Gasteiger partial charge in [-0.1, -0.05) is 0 Å². The van der Waals surface area contributed by atoms with Gasteiger partial charge in [0.2, 0.25) is 6.33 Å². The van der Waals surface area contributed by atoms with Gasteiger partial charge in [-0.15, -0.1) is 0 Å². The molecule has 1 rings (SSSR count). The Morgan fingerprint density at radius 3 is 2.60 bits per heavy atom. The van der Waals surface area contributed by atoms with Crippen molar-refractivity contribution in [2.24, 2.45) is 7.05 Å². The first kappa shape index (κ1) is 9.43. The number of rotatable bonds is 1. The highest BCUT2D eigenvalue weighted by atomic mass is 79.9. The number of allylic oxidation sites excluding steroid dienone is 1. The van der Waals surface area contributed by atoms with Crippen LogP contribution < -0.4 is 21.5 Å². The molecule has 0 amide bonds. The van der Waals surface area contributed by atoms with E-state index < -0.39 is 0 Å². The van der Waals surface area contributed by atoms with Crippen LogP contribution in [0.3, 0.4) is 0 Å². The van der Waals surface area contributed by atoms with E-state index in [0.29, 0.717) is 0 Å². The molecule has 0 atom stereocenters. The molecule has 0 saturated heterocycles. The third-order valence-electron chi connectivity index (χ3n) is 1.11. The Labute approximate surface area is 71.6 Å². The first-order valence-corrected chi connectivity index (χ1v) is 2.98. The van der Waals surface area contributed by atoms with Gasteiger partial charge in [-0.25, -0.2) is 9.13 Å². The maximum absolute atomic E-state index is 2.00. The lowest BCUT2D eigenvalue weighted by atomic mass is 10.7. The summed E-state index contributed by atoms with van der Waals surface area (Å²) in [5.74, 6) is 0. The molecule has 1 aromatic heterocycles. The number of hydrogen-bond donors (Lipinski definition) is 0. The van der Waals surface area contributed by atoms with Crippen molar-refractivity contribution in [1.29, 1.82) is 0 Å². The van der Waals surface area contributed by atoms with Gasteiger partial charge < -0.3 is 17.0 Å². The van der Waals surface area contributed by atoms with Crippen LogP contribution >= 0.6 is 0 Å². The summed E-state index contributed by atoms with van der Waals surface area (Å²) in [7, 11) is 2.00. The minimum atomic E-state index is 0. The summed E-state index contributed by atoms with van der Waals surface area (Å²) in [6, 6.07) is 0. The van der Waals surface area contributed by atoms with E-state index in [2.05, 4.69) is 0 Å². The summed E-state index contributed by atoms with van der Waals surface area (Å²) >= 11 is 0. The number of aromatic nitrogens is 2. The zero-order chi connectivity index (χ0) is 6.69. The van der Waals surface area contributed by atoms with Gasteiger partial charge >= 0.3 is 0 Å². The second-order valence-corrected chi connectivity index (χ2v) is 2.01. The molecule has 2 nitrogen and oxygen atoms in total. The molecule has 56 valence electrons. The van der Waals surface area contributed by atoms with Crippen LogP contribution in [0.2, 0.25) is 0 Å². The van der Waals surface area contributed by atoms with Crippen LogP contribution in [-0.4, -0.2) is 4.57 Å². The fraction of sp³-hybridized carbons (Fsp3) is 0.286. The van der Waals surface area contributed by atoms with Crippen LogP contribution in [0.4, 0.5) is 0 Å². The third-order valence-corrected chi connectivity index (χ3v) is 1.11. The summed E-state index contributed by atoms with van der Waals surface area (Å²) in [5, 5.41) is 0. The van der Waals surface area contributed by atoms with Crippen LogP contribution in [0.25, 0.3) is 6.20 Å². The van der Waals surface area contributed by atoms with Crippen molar-refractivity contribution >= 4 is 6.20 Å². The summed E-state index contributed by atoms with van der Waals surface area (Å²) in [6.07, 6.45) is 10.0. The maximum atomic E-state index is 2.00. The molecule has 0 saturated carbocycles. The largest absolute Gasteiger partial charge is 1.00 e. The molecule has 0 fully saturated rings. The second kappa shape index (κ2) is 4.28. The highest BCUT2D eigenvalue weighted by molar-refractivity contribution is 5.02. The molecule has 3 heteroatoms. The average Bonchev–Trinajstić information content (AvgIpc) is 2.17. The molecule has 0 radical (unpaired) electrons. The van der Waals surface area contributed by atoms with E-state index in [4.69, 9.17) is 0 Å². The SMILES string of the molecule is CC=C[n+]1ccn(C)c1.[Br-]. The molecule has 0 aliphatic heterocycles. The second-order valence-electron chi connectivity index (χ2n) is 2.01. The van der Waals surface area contributed by atoms with Crippen molar-refractivity contribution in [3.63, 3.8) is 0 Å². The molecule has 0 aromatic carbocycles. The van der Waals surface area contributed by atoms with E-state index in [1.807, 2.05) is 54.1 Å². The predicted molar refractivity (Wildman–Crippen MR) is 36.6 cm³/mol. The Morgan fingerprint density at radius 1 is 1.50 bits per heavy atom. The summed E-state index contributed by atoms with van der Waals surface area (Å²) in [5.41, 5.74) is 0. The van der Waals surface area contributed by atoms with Gasteiger partial charge in [0.05, 0.1) is 13.2 Å². The van der Waals surface area contributed by atoms with Gasteiger partial charge in [0.15, 0.2) is 0 Å². The third kappa shape index (κ3) is 2.35. The quantitative estimate of drug-likeness (QED) is 0.458. The van der Waals surface area contributed by atoms with E-state index in [1.54, 1.807) is 0 Å². The van der Waals surface area contributed by atoms with Crippen molar-refractivity contribution in [1.82, 2.24) is 4.57 Å². The molecule has 10 heavy (non-hydrogen) atoms. The van der Waals surface area contributed by atoms with Crippen molar-refractivity contribution in [3.05, 3.63) is 24.8 Å². The Hall–Kier alpha value is -0.570. The number of halogens is 1. The molecule has 0 N–H and O–H groups in total. The van der Waals surface area contributed by atoms with Crippen molar-refractivity contribution in [2.75, 3.05) is 0 Å². The maximum Gasteiger partial charge on any atom is 0.248 e. The van der Waals surface area contributed by atoms with Crippen molar-refractivity contribution < 1.29 is 21.5 Å². The number of hydrogen-bond acceptors (Lipinski definition) is 0. The Morgan fingerprint density at radius 2 is 2.20 bits per heavy atom. The monoisotopic (exact) mass is 202 g/mol. The van der Waals surface area contributed by atoms with Crippen molar-refractivity contribution in [3.8, 4) is 0 Å². The lowest BCUT2D eigenvalue weighted by Crippen LogP contribution is -3.00. The van der Waals surface area contributed by atoms with E-state index in [-0.39, 0.29) is 17.0 Å². The molecule has 1 heterocycles. The smallest absolute Gasteiger partial charge is 0.248 e. The highest BCUT2D eigenvalue weighted by Crippen LogP contribution is 1.76. The van der Waals surface area contributed by atoms with Gasteiger partial charge in [-0.3, -0.25) is 0 Å². The van der Waals surface area contributed by atoms with Crippen LogP contribution in [0.1, 0.15) is 6.92 Å². The zero-order valence-corrected chi connectivity index (χ0v) is 7.75. The van der Waals surface area contributed by atoms with Crippen LogP contribution in [-0.2, 0) is 7.05 Å². The fourth-order valence-corrected chi connectivity index (χ4v) is 0.730. The zero-order valence-electron chi connectivity index (χ0n) is 6.16. The summed E-state index contributed by atoms with van der Waals surface area (Å²) in [4.78, 5) is 0. The number of nitrogens with zero attached hydrogens (tertiary/aromatic N) is 2. The first-order chi connectivity index (χ1) is 4.33. The minimum absolute atomic E-state index is 0. The topological polar surface area (TPSA) is 8.81 Å². The molecule has 0 unspecified atom stereocenters. The van der Waals surface area contributed by atoms with Crippen LogP contribution in [0.15, 0.2) is 24.8 Å². The van der Waals surface area contributed by atoms with Gasteiger partial charge in [-0.2, -0.15) is 0 Å². The molecule has 0 bridgehead atoms. The fourth-order valence-electron chi connectivity index (χ4n) is 0.730. The van der Waals surface area contributed by atoms with E-state index in [9.17, 15) is 0 Å². The van der Waals surface area contributed by atoms with Crippen molar-refractivity contribution in [2.45, 2.75) is 6.92 Å². The molecular formula is C7H11BrN2. The Kier molecular flexibility index (Phi) is 4.03. The van der Waals surface area contributed by atoms with Gasteiger partial charge in [0.1, 0.15) is 12.4 Å². The predicted octanol–water partition coefficient (Wildman–Crippen LogP) is -2.19. The average molecular weight is 203 g/mol. The lowest BCUT2D eigenvalue weighted by Gasteiger charge is -1.77. The Balaban J connectivity index is 0.000000810. The molecule has 1 aromatic rings. The number of aryl methyl sites for hydroxylation is 1. The Bertz CT molecular complexity index is 215. The molecule has 0 spiro atoms. The van der Waals surface area contributed by atoms with E-state index in [0.717, 1.165) is 0 Å². The summed E-state index contributed by atoms with van der Waals surface area (Å²) < 4.78 is 4.00. The summed E-state index contributed by atoms with van der Waals surface area (Å²) in [6.45, 7) is 2.00. The normalized spacial score (nSPS) is 9.80. The molecular weight excluding hydrogens is 192 g/mol. The van der Waals surface area contributed by atoms with Crippen LogP contribution in [0, 0.1) is 0 Å². The number of imidazole rings is 1. The first-order valence-electron chi connectivity index (χ1n) is 2.98.